The smallest absolute Gasteiger partial charge is 0.319 e. The number of pyridine rings is 1. The third-order valence-electron chi connectivity index (χ3n) is 4.75. The van der Waals surface area contributed by atoms with Gasteiger partial charge >= 0.3 is 5.97 Å². The summed E-state index contributed by atoms with van der Waals surface area (Å²) < 4.78 is 1.19. The zero-order chi connectivity index (χ0) is 23.4. The predicted molar refractivity (Wildman–Crippen MR) is 120 cm³/mol. The number of carbonyl (C=O) groups is 3. The van der Waals surface area contributed by atoms with Crippen LogP contribution in [-0.4, -0.2) is 39.0 Å². The highest BCUT2D eigenvalue weighted by atomic mass is 35.5. The number of aromatic nitrogens is 2. The number of amides is 2. The standard InChI is InChI=1S/C21H22ClN5O5/c1-11(2)18(20(31)26-24-10-16(28)29)27-7-3-4-15(21(27)32)25-19(30)13-8-12-5-6-23-17(12)14(22)9-13/h3-9,11,18,23-24H,10H2,1-2H3,(H,25,30)(H,26,31)(H,28,29). The zero-order valence-corrected chi connectivity index (χ0v) is 18.1. The average molecular weight is 460 g/mol. The van der Waals surface area contributed by atoms with E-state index in [1.807, 2.05) is 0 Å². The van der Waals surface area contributed by atoms with E-state index in [1.165, 1.54) is 29.0 Å². The summed E-state index contributed by atoms with van der Waals surface area (Å²) in [5, 5.41) is 12.4. The lowest BCUT2D eigenvalue weighted by atomic mass is 10.0. The number of H-pyrrole nitrogens is 1. The van der Waals surface area contributed by atoms with E-state index in [-0.39, 0.29) is 17.2 Å². The molecule has 0 aliphatic rings. The maximum atomic E-state index is 13.0. The Hall–Kier alpha value is -3.63. The molecule has 0 spiro atoms. The van der Waals surface area contributed by atoms with Crippen LogP contribution in [0.3, 0.4) is 0 Å². The van der Waals surface area contributed by atoms with Crippen molar-refractivity contribution in [1.29, 1.82) is 0 Å². The van der Waals surface area contributed by atoms with Crippen LogP contribution in [0, 0.1) is 5.92 Å². The van der Waals surface area contributed by atoms with Crippen LogP contribution in [0.2, 0.25) is 5.02 Å². The van der Waals surface area contributed by atoms with E-state index in [9.17, 15) is 19.2 Å². The molecule has 0 radical (unpaired) electrons. The number of fused-ring (bicyclic) bond motifs is 1. The Labute approximate surface area is 187 Å². The van der Waals surface area contributed by atoms with Gasteiger partial charge in [-0.1, -0.05) is 25.4 Å². The van der Waals surface area contributed by atoms with Gasteiger partial charge in [0.05, 0.1) is 10.5 Å². The van der Waals surface area contributed by atoms with Gasteiger partial charge in [0.1, 0.15) is 18.3 Å². The fourth-order valence-corrected chi connectivity index (χ4v) is 3.59. The van der Waals surface area contributed by atoms with Crippen molar-refractivity contribution in [2.75, 3.05) is 11.9 Å². The first kappa shape index (κ1) is 23.0. The van der Waals surface area contributed by atoms with Gasteiger partial charge < -0.3 is 20.0 Å². The minimum Gasteiger partial charge on any atom is -0.480 e. The van der Waals surface area contributed by atoms with E-state index < -0.39 is 35.9 Å². The third-order valence-corrected chi connectivity index (χ3v) is 5.05. The SMILES string of the molecule is CC(C)C(C(=O)NNCC(=O)O)n1cccc(NC(=O)c2cc(Cl)c3[nH]ccc3c2)c1=O. The Kier molecular flexibility index (Phi) is 6.96. The van der Waals surface area contributed by atoms with Crippen molar-refractivity contribution in [1.82, 2.24) is 20.4 Å². The first-order valence-corrected chi connectivity index (χ1v) is 10.1. The van der Waals surface area contributed by atoms with Gasteiger partial charge in [-0.05, 0) is 36.2 Å². The number of carboxylic acid groups (broad SMARTS) is 1. The number of hydrogen-bond acceptors (Lipinski definition) is 5. The molecule has 0 saturated heterocycles. The van der Waals surface area contributed by atoms with E-state index in [0.29, 0.717) is 10.5 Å². The average Bonchev–Trinajstić information content (AvgIpc) is 3.19. The lowest BCUT2D eigenvalue weighted by molar-refractivity contribution is -0.136. The molecule has 10 nitrogen and oxygen atoms in total. The van der Waals surface area contributed by atoms with Crippen LogP contribution in [0.4, 0.5) is 5.69 Å². The number of benzene rings is 1. The highest BCUT2D eigenvalue weighted by molar-refractivity contribution is 6.35. The summed E-state index contributed by atoms with van der Waals surface area (Å²) in [6, 6.07) is 6.95. The minimum absolute atomic E-state index is 0.0141. The summed E-state index contributed by atoms with van der Waals surface area (Å²) in [7, 11) is 0. The summed E-state index contributed by atoms with van der Waals surface area (Å²) in [6.45, 7) is 3.01. The maximum Gasteiger partial charge on any atom is 0.319 e. The Morgan fingerprint density at radius 2 is 1.97 bits per heavy atom. The number of halogens is 1. The number of aliphatic carboxylic acids is 1. The van der Waals surface area contributed by atoms with E-state index in [1.54, 1.807) is 32.2 Å². The van der Waals surface area contributed by atoms with Crippen LogP contribution in [0.15, 0.2) is 47.5 Å². The minimum atomic E-state index is -1.15. The Bertz CT molecular complexity index is 1230. The van der Waals surface area contributed by atoms with Crippen LogP contribution in [-0.2, 0) is 9.59 Å². The molecular weight excluding hydrogens is 438 g/mol. The Morgan fingerprint density at radius 3 is 2.66 bits per heavy atom. The van der Waals surface area contributed by atoms with Crippen molar-refractivity contribution in [3.05, 3.63) is 63.7 Å². The highest BCUT2D eigenvalue weighted by Crippen LogP contribution is 2.24. The van der Waals surface area contributed by atoms with Crippen LogP contribution in [0.1, 0.15) is 30.2 Å². The van der Waals surface area contributed by atoms with Gasteiger partial charge in [0.15, 0.2) is 0 Å². The van der Waals surface area contributed by atoms with Crippen LogP contribution in [0.5, 0.6) is 0 Å². The molecule has 2 amide bonds. The maximum absolute atomic E-state index is 13.0. The second kappa shape index (κ2) is 9.67. The van der Waals surface area contributed by atoms with Gasteiger partial charge in [-0.25, -0.2) is 5.43 Å². The number of hydrogen-bond donors (Lipinski definition) is 5. The van der Waals surface area contributed by atoms with E-state index in [0.717, 1.165) is 5.39 Å². The van der Waals surface area contributed by atoms with Crippen molar-refractivity contribution >= 4 is 46.0 Å². The molecule has 0 aliphatic carbocycles. The molecule has 2 aromatic heterocycles. The summed E-state index contributed by atoms with van der Waals surface area (Å²) in [5.74, 6) is -2.57. The summed E-state index contributed by atoms with van der Waals surface area (Å²) in [6.07, 6.45) is 3.14. The van der Waals surface area contributed by atoms with Crippen molar-refractivity contribution in [2.24, 2.45) is 5.92 Å². The Morgan fingerprint density at radius 1 is 1.22 bits per heavy atom. The van der Waals surface area contributed by atoms with Crippen LogP contribution < -0.4 is 21.7 Å². The van der Waals surface area contributed by atoms with Crippen molar-refractivity contribution in [3.63, 3.8) is 0 Å². The van der Waals surface area contributed by atoms with Gasteiger partial charge in [0.25, 0.3) is 17.4 Å². The van der Waals surface area contributed by atoms with Crippen LogP contribution >= 0.6 is 11.6 Å². The van der Waals surface area contributed by atoms with Gasteiger partial charge in [-0.3, -0.25) is 24.6 Å². The molecular formula is C21H22ClN5O5. The molecule has 0 saturated carbocycles. The van der Waals surface area contributed by atoms with Gasteiger partial charge in [0.2, 0.25) is 0 Å². The number of nitrogens with one attached hydrogen (secondary N) is 4. The normalized spacial score (nSPS) is 12.0. The summed E-state index contributed by atoms with van der Waals surface area (Å²) >= 11 is 6.22. The molecule has 0 fully saturated rings. The molecule has 168 valence electrons. The quantitative estimate of drug-likeness (QED) is 0.326. The molecule has 3 rings (SSSR count). The highest BCUT2D eigenvalue weighted by Gasteiger charge is 2.26. The molecule has 11 heteroatoms. The van der Waals surface area contributed by atoms with Crippen LogP contribution in [0.25, 0.3) is 10.9 Å². The lowest BCUT2D eigenvalue weighted by Crippen LogP contribution is -2.47. The topological polar surface area (TPSA) is 145 Å². The molecule has 3 aromatic rings. The number of carbonyl (C=O) groups excluding carboxylic acids is 2. The van der Waals surface area contributed by atoms with Gasteiger partial charge in [-0.15, -0.1) is 0 Å². The largest absolute Gasteiger partial charge is 0.480 e. The molecule has 1 unspecified atom stereocenters. The number of anilines is 1. The molecule has 0 aliphatic heterocycles. The first-order valence-electron chi connectivity index (χ1n) is 9.72. The second-order valence-corrected chi connectivity index (χ2v) is 7.82. The zero-order valence-electron chi connectivity index (χ0n) is 17.3. The van der Waals surface area contributed by atoms with E-state index in [4.69, 9.17) is 16.7 Å². The van der Waals surface area contributed by atoms with Gasteiger partial charge in [-0.2, -0.15) is 0 Å². The van der Waals surface area contributed by atoms with E-state index in [2.05, 4.69) is 21.2 Å². The monoisotopic (exact) mass is 459 g/mol. The number of rotatable bonds is 8. The summed E-state index contributed by atoms with van der Waals surface area (Å²) in [4.78, 5) is 52.0. The number of carboxylic acids is 1. The first-order chi connectivity index (χ1) is 15.2. The second-order valence-electron chi connectivity index (χ2n) is 7.41. The lowest BCUT2D eigenvalue weighted by Gasteiger charge is -2.23. The fourth-order valence-electron chi connectivity index (χ4n) is 3.31. The van der Waals surface area contributed by atoms with Crippen molar-refractivity contribution in [3.8, 4) is 0 Å². The molecule has 5 N–H and O–H groups in total. The third kappa shape index (κ3) is 4.98. The number of hydrazine groups is 1. The van der Waals surface area contributed by atoms with Crippen molar-refractivity contribution in [2.45, 2.75) is 19.9 Å². The molecule has 0 bridgehead atoms. The molecule has 1 aromatic carbocycles. The molecule has 1 atom stereocenters. The Balaban J connectivity index is 1.85. The fraction of sp³-hybridized carbons (Fsp3) is 0.238. The number of nitrogens with zero attached hydrogens (tertiary/aromatic N) is 1. The molecule has 32 heavy (non-hydrogen) atoms. The molecule has 2 heterocycles. The summed E-state index contributed by atoms with van der Waals surface area (Å²) in [5.41, 5.74) is 4.97. The predicted octanol–water partition coefficient (Wildman–Crippen LogP) is 2.14. The van der Waals surface area contributed by atoms with E-state index >= 15 is 0 Å². The number of aromatic amines is 1. The van der Waals surface area contributed by atoms with Crippen molar-refractivity contribution < 1.29 is 19.5 Å². The van der Waals surface area contributed by atoms with Gasteiger partial charge in [0, 0.05) is 23.3 Å².